The van der Waals surface area contributed by atoms with Crippen LogP contribution in [-0.4, -0.2) is 12.1 Å². The van der Waals surface area contributed by atoms with Gasteiger partial charge in [0.2, 0.25) is 5.78 Å². The van der Waals surface area contributed by atoms with Crippen molar-refractivity contribution < 1.29 is 9.59 Å². The highest BCUT2D eigenvalue weighted by molar-refractivity contribution is 6.33. The van der Waals surface area contributed by atoms with E-state index in [9.17, 15) is 9.59 Å². The van der Waals surface area contributed by atoms with E-state index in [1.54, 1.807) is 12.2 Å². The van der Waals surface area contributed by atoms with Gasteiger partial charge in [-0.05, 0) is 12.8 Å². The predicted molar refractivity (Wildman–Crippen MR) is 37.5 cm³/mol. The highest BCUT2D eigenvalue weighted by Crippen LogP contribution is 2.11. The third kappa shape index (κ3) is 1.41. The molecule has 0 N–H and O–H groups in total. The molecule has 0 aliphatic heterocycles. The summed E-state index contributed by atoms with van der Waals surface area (Å²) in [7, 11) is 0. The number of allylic oxidation sites excluding steroid dienone is 4. The minimum absolute atomic E-state index is 0.366. The normalized spacial score (nSPS) is 16.2. The summed E-state index contributed by atoms with van der Waals surface area (Å²) in [5.74, 6) is -0.385. The first kappa shape index (κ1) is 6.93. The summed E-state index contributed by atoms with van der Waals surface area (Å²) in [5.41, 5.74) is 0.623. The van der Waals surface area contributed by atoms with Crippen molar-refractivity contribution in [1.82, 2.24) is 0 Å². The molecule has 0 aromatic rings. The first-order valence-corrected chi connectivity index (χ1v) is 3.20. The lowest BCUT2D eigenvalue weighted by Crippen LogP contribution is -2.04. The lowest BCUT2D eigenvalue weighted by molar-refractivity contribution is -0.127. The number of carbonyl (C=O) groups is 2. The molecule has 0 saturated carbocycles. The first-order valence-electron chi connectivity index (χ1n) is 3.20. The van der Waals surface area contributed by atoms with Crippen LogP contribution >= 0.6 is 0 Å². The Morgan fingerprint density at radius 1 is 1.60 bits per heavy atom. The molecule has 1 rings (SSSR count). The molecule has 10 heavy (non-hydrogen) atoms. The lowest BCUT2D eigenvalue weighted by Gasteiger charge is -2.01. The summed E-state index contributed by atoms with van der Waals surface area (Å²) in [4.78, 5) is 20.7. The summed E-state index contributed by atoms with van der Waals surface area (Å²) in [6.07, 6.45) is 7.41. The number of hydrogen-bond donors (Lipinski definition) is 0. The summed E-state index contributed by atoms with van der Waals surface area (Å²) in [6.45, 7) is 0. The van der Waals surface area contributed by atoms with Crippen molar-refractivity contribution in [3.63, 3.8) is 0 Å². The number of hydrogen-bond acceptors (Lipinski definition) is 2. The van der Waals surface area contributed by atoms with Crippen LogP contribution < -0.4 is 0 Å². The van der Waals surface area contributed by atoms with Crippen molar-refractivity contribution in [1.29, 1.82) is 0 Å². The molecule has 52 valence electrons. The Hall–Kier alpha value is -1.18. The Bertz CT molecular complexity index is 211. The van der Waals surface area contributed by atoms with Crippen molar-refractivity contribution in [2.24, 2.45) is 0 Å². The molecule has 1 aliphatic carbocycles. The van der Waals surface area contributed by atoms with E-state index in [4.69, 9.17) is 0 Å². The fourth-order valence-electron chi connectivity index (χ4n) is 0.884. The highest BCUT2D eigenvalue weighted by Gasteiger charge is 2.07. The SMILES string of the molecule is O=CC(=O)C1=CC=CCC1. The van der Waals surface area contributed by atoms with Gasteiger partial charge in [0.1, 0.15) is 0 Å². The Kier molecular flexibility index (Phi) is 2.15. The van der Waals surface area contributed by atoms with Gasteiger partial charge in [0.25, 0.3) is 0 Å². The molecular weight excluding hydrogens is 128 g/mol. The minimum atomic E-state index is -0.385. The molecule has 2 nitrogen and oxygen atoms in total. The minimum Gasteiger partial charge on any atom is -0.294 e. The quantitative estimate of drug-likeness (QED) is 0.419. The van der Waals surface area contributed by atoms with E-state index < -0.39 is 0 Å². The molecule has 1 aliphatic rings. The van der Waals surface area contributed by atoms with Crippen molar-refractivity contribution in [2.45, 2.75) is 12.8 Å². The number of carbonyl (C=O) groups excluding carboxylic acids is 2. The Morgan fingerprint density at radius 2 is 2.40 bits per heavy atom. The predicted octanol–water partition coefficient (Wildman–Crippen LogP) is 1.03. The average molecular weight is 136 g/mol. The molecule has 0 atom stereocenters. The van der Waals surface area contributed by atoms with Crippen molar-refractivity contribution in [3.8, 4) is 0 Å². The van der Waals surface area contributed by atoms with Gasteiger partial charge in [-0.15, -0.1) is 0 Å². The second-order valence-corrected chi connectivity index (χ2v) is 2.14. The number of ketones is 1. The zero-order chi connectivity index (χ0) is 7.40. The van der Waals surface area contributed by atoms with Crippen LogP contribution in [-0.2, 0) is 9.59 Å². The van der Waals surface area contributed by atoms with E-state index in [2.05, 4.69) is 0 Å². The van der Waals surface area contributed by atoms with Crippen molar-refractivity contribution in [3.05, 3.63) is 23.8 Å². The zero-order valence-electron chi connectivity index (χ0n) is 5.54. The molecule has 0 heterocycles. The third-order valence-electron chi connectivity index (χ3n) is 1.44. The second-order valence-electron chi connectivity index (χ2n) is 2.14. The summed E-state index contributed by atoms with van der Waals surface area (Å²) < 4.78 is 0. The average Bonchev–Trinajstić information content (AvgIpc) is 2.05. The van der Waals surface area contributed by atoms with Crippen LogP contribution in [0, 0.1) is 0 Å². The van der Waals surface area contributed by atoms with Crippen molar-refractivity contribution in [2.75, 3.05) is 0 Å². The standard InChI is InChI=1S/C8H8O2/c9-6-8(10)7-4-2-1-3-5-7/h1-2,4,6H,3,5H2. The van der Waals surface area contributed by atoms with E-state index in [1.807, 2.05) is 6.08 Å². The van der Waals surface area contributed by atoms with Gasteiger partial charge in [-0.1, -0.05) is 18.2 Å². The second kappa shape index (κ2) is 3.11. The zero-order valence-corrected chi connectivity index (χ0v) is 5.54. The van der Waals surface area contributed by atoms with Crippen LogP contribution in [0.5, 0.6) is 0 Å². The van der Waals surface area contributed by atoms with Gasteiger partial charge in [0.15, 0.2) is 6.29 Å². The Labute approximate surface area is 59.2 Å². The molecule has 0 spiro atoms. The van der Waals surface area contributed by atoms with Gasteiger partial charge in [0, 0.05) is 5.57 Å². The van der Waals surface area contributed by atoms with Gasteiger partial charge in [-0.25, -0.2) is 0 Å². The Balaban J connectivity index is 2.71. The van der Waals surface area contributed by atoms with Crippen LogP contribution in [0.15, 0.2) is 23.8 Å². The van der Waals surface area contributed by atoms with Crippen LogP contribution in [0.3, 0.4) is 0 Å². The molecule has 0 saturated heterocycles. The van der Waals surface area contributed by atoms with E-state index in [-0.39, 0.29) is 5.78 Å². The third-order valence-corrected chi connectivity index (χ3v) is 1.44. The van der Waals surface area contributed by atoms with Gasteiger partial charge < -0.3 is 0 Å². The van der Waals surface area contributed by atoms with Gasteiger partial charge in [-0.2, -0.15) is 0 Å². The number of rotatable bonds is 2. The van der Waals surface area contributed by atoms with E-state index in [0.29, 0.717) is 18.3 Å². The largest absolute Gasteiger partial charge is 0.294 e. The van der Waals surface area contributed by atoms with Gasteiger partial charge in [-0.3, -0.25) is 9.59 Å². The fourth-order valence-corrected chi connectivity index (χ4v) is 0.884. The maximum absolute atomic E-state index is 10.7. The monoisotopic (exact) mass is 136 g/mol. The maximum Gasteiger partial charge on any atom is 0.221 e. The molecule has 0 fully saturated rings. The number of aldehydes is 1. The maximum atomic E-state index is 10.7. The summed E-state index contributed by atoms with van der Waals surface area (Å²) >= 11 is 0. The molecule has 2 heteroatoms. The number of Topliss-reactive ketones (excluding diaryl/α,β-unsaturated/α-hetero) is 1. The highest BCUT2D eigenvalue weighted by atomic mass is 16.2. The van der Waals surface area contributed by atoms with E-state index in [1.165, 1.54) is 0 Å². The summed E-state index contributed by atoms with van der Waals surface area (Å²) in [6, 6.07) is 0. The lowest BCUT2D eigenvalue weighted by atomic mass is 10.0. The molecule has 0 amide bonds. The van der Waals surface area contributed by atoms with Crippen LogP contribution in [0.1, 0.15) is 12.8 Å². The van der Waals surface area contributed by atoms with Crippen LogP contribution in [0.25, 0.3) is 0 Å². The van der Waals surface area contributed by atoms with Crippen LogP contribution in [0.2, 0.25) is 0 Å². The smallest absolute Gasteiger partial charge is 0.221 e. The first-order chi connectivity index (χ1) is 4.84. The molecule has 0 radical (unpaired) electrons. The molecular formula is C8H8O2. The van der Waals surface area contributed by atoms with E-state index in [0.717, 1.165) is 6.42 Å². The van der Waals surface area contributed by atoms with Gasteiger partial charge >= 0.3 is 0 Å². The van der Waals surface area contributed by atoms with Crippen LogP contribution in [0.4, 0.5) is 0 Å². The van der Waals surface area contributed by atoms with Gasteiger partial charge in [0.05, 0.1) is 0 Å². The fraction of sp³-hybridized carbons (Fsp3) is 0.250. The topological polar surface area (TPSA) is 34.1 Å². The Morgan fingerprint density at radius 3 is 2.90 bits per heavy atom. The molecule has 0 unspecified atom stereocenters. The molecule has 0 aromatic heterocycles. The molecule has 0 bridgehead atoms. The molecule has 0 aromatic carbocycles. The van der Waals surface area contributed by atoms with E-state index >= 15 is 0 Å². The van der Waals surface area contributed by atoms with Crippen molar-refractivity contribution >= 4 is 12.1 Å². The summed E-state index contributed by atoms with van der Waals surface area (Å²) in [5, 5.41) is 0.